The molecule has 26 heavy (non-hydrogen) atoms. The summed E-state index contributed by atoms with van der Waals surface area (Å²) in [6.07, 6.45) is 4.12. The van der Waals surface area contributed by atoms with E-state index in [-0.39, 0.29) is 16.8 Å². The summed E-state index contributed by atoms with van der Waals surface area (Å²) < 4.78 is 28.6. The number of sulfone groups is 1. The van der Waals surface area contributed by atoms with Crippen molar-refractivity contribution in [3.8, 4) is 11.5 Å². The molecule has 3 aromatic rings. The molecular formula is C18H15N3O4S. The van der Waals surface area contributed by atoms with Crippen molar-refractivity contribution in [2.45, 2.75) is 4.90 Å². The van der Waals surface area contributed by atoms with Gasteiger partial charge >= 0.3 is 6.01 Å². The van der Waals surface area contributed by atoms with E-state index >= 15 is 0 Å². The molecule has 2 aromatic carbocycles. The first-order valence-electron chi connectivity index (χ1n) is 7.60. The molecule has 0 saturated heterocycles. The van der Waals surface area contributed by atoms with Crippen LogP contribution in [0.15, 0.2) is 70.0 Å². The summed E-state index contributed by atoms with van der Waals surface area (Å²) >= 11 is 0. The van der Waals surface area contributed by atoms with Crippen molar-refractivity contribution < 1.29 is 17.6 Å². The minimum atomic E-state index is -3.35. The topological polar surface area (TPSA) is 102 Å². The summed E-state index contributed by atoms with van der Waals surface area (Å²) in [6.45, 7) is 0. The molecule has 8 heteroatoms. The predicted octanol–water partition coefficient (Wildman–Crippen LogP) is 2.79. The largest absolute Gasteiger partial charge is 0.403 e. The lowest BCUT2D eigenvalue weighted by atomic mass is 10.2. The van der Waals surface area contributed by atoms with Gasteiger partial charge in [-0.15, -0.1) is 5.10 Å². The van der Waals surface area contributed by atoms with Crippen molar-refractivity contribution in [1.29, 1.82) is 0 Å². The summed E-state index contributed by atoms with van der Waals surface area (Å²) in [4.78, 5) is 12.1. The van der Waals surface area contributed by atoms with Gasteiger partial charge in [0.05, 0.1) is 4.90 Å². The molecule has 1 N–H and O–H groups in total. The van der Waals surface area contributed by atoms with Crippen molar-refractivity contribution in [1.82, 2.24) is 10.2 Å². The van der Waals surface area contributed by atoms with Crippen molar-refractivity contribution >= 4 is 27.8 Å². The maximum Gasteiger partial charge on any atom is 0.322 e. The summed E-state index contributed by atoms with van der Waals surface area (Å²) in [7, 11) is -3.35. The van der Waals surface area contributed by atoms with E-state index in [1.165, 1.54) is 18.2 Å². The summed E-state index contributed by atoms with van der Waals surface area (Å²) in [5.41, 5.74) is 1.33. The third-order valence-corrected chi connectivity index (χ3v) is 4.50. The first-order chi connectivity index (χ1) is 12.4. The lowest BCUT2D eigenvalue weighted by Gasteiger charge is -2.00. The maximum absolute atomic E-state index is 11.9. The van der Waals surface area contributed by atoms with Crippen LogP contribution in [0.5, 0.6) is 0 Å². The van der Waals surface area contributed by atoms with Crippen LogP contribution in [0.3, 0.4) is 0 Å². The summed E-state index contributed by atoms with van der Waals surface area (Å²) in [6, 6.07) is 15.4. The fraction of sp³-hybridized carbons (Fsp3) is 0.0556. The van der Waals surface area contributed by atoms with E-state index in [0.717, 1.165) is 11.8 Å². The predicted molar refractivity (Wildman–Crippen MR) is 96.9 cm³/mol. The van der Waals surface area contributed by atoms with E-state index in [9.17, 15) is 13.2 Å². The SMILES string of the molecule is CS(=O)(=O)c1cccc(-c2nnc(NC(=O)/C=C/c3ccccc3)o2)c1. The monoisotopic (exact) mass is 369 g/mol. The highest BCUT2D eigenvalue weighted by Gasteiger charge is 2.13. The number of hydrogen-bond donors (Lipinski definition) is 1. The van der Waals surface area contributed by atoms with Crippen LogP contribution in [0.1, 0.15) is 5.56 Å². The molecular weight excluding hydrogens is 354 g/mol. The molecule has 0 aliphatic carbocycles. The lowest BCUT2D eigenvalue weighted by molar-refractivity contribution is -0.112. The maximum atomic E-state index is 11.9. The molecule has 3 rings (SSSR count). The molecule has 1 aromatic heterocycles. The molecule has 0 unspecified atom stereocenters. The van der Waals surface area contributed by atoms with Gasteiger partial charge in [-0.1, -0.05) is 41.5 Å². The standard InChI is InChI=1S/C18H15N3O4S/c1-26(23,24)15-9-5-8-14(12-15)17-20-21-18(25-17)19-16(22)11-10-13-6-3-2-4-7-13/h2-12H,1H3,(H,19,21,22)/b11-10+. The van der Waals surface area contributed by atoms with Gasteiger partial charge in [0.2, 0.25) is 5.89 Å². The third kappa shape index (κ3) is 4.42. The Morgan fingerprint density at radius 2 is 1.85 bits per heavy atom. The van der Waals surface area contributed by atoms with Crippen molar-refractivity contribution in [3.63, 3.8) is 0 Å². The molecule has 0 aliphatic heterocycles. The minimum absolute atomic E-state index is 0.0764. The highest BCUT2D eigenvalue weighted by Crippen LogP contribution is 2.22. The Labute approximate surface area is 150 Å². The van der Waals surface area contributed by atoms with Crippen LogP contribution in [0.25, 0.3) is 17.5 Å². The van der Waals surface area contributed by atoms with Gasteiger partial charge in [0.25, 0.3) is 5.91 Å². The van der Waals surface area contributed by atoms with Crippen LogP contribution in [0.2, 0.25) is 0 Å². The fourth-order valence-electron chi connectivity index (χ4n) is 2.13. The van der Waals surface area contributed by atoms with Gasteiger partial charge in [-0.2, -0.15) is 0 Å². The van der Waals surface area contributed by atoms with Crippen LogP contribution in [-0.2, 0) is 14.6 Å². The van der Waals surface area contributed by atoms with Crippen LogP contribution in [0.4, 0.5) is 6.01 Å². The number of rotatable bonds is 5. The highest BCUT2D eigenvalue weighted by atomic mass is 32.2. The zero-order valence-electron chi connectivity index (χ0n) is 13.8. The molecule has 0 fully saturated rings. The van der Waals surface area contributed by atoms with Crippen molar-refractivity contribution in [3.05, 3.63) is 66.2 Å². The third-order valence-electron chi connectivity index (χ3n) is 3.39. The second-order valence-electron chi connectivity index (χ2n) is 5.45. The molecule has 132 valence electrons. The Hall–Kier alpha value is -3.26. The highest BCUT2D eigenvalue weighted by molar-refractivity contribution is 7.90. The average Bonchev–Trinajstić information content (AvgIpc) is 3.09. The normalized spacial score (nSPS) is 11.6. The number of carbonyl (C=O) groups is 1. The van der Waals surface area contributed by atoms with E-state index in [1.54, 1.807) is 18.2 Å². The first-order valence-corrected chi connectivity index (χ1v) is 9.49. The van der Waals surface area contributed by atoms with Gasteiger partial charge in [-0.3, -0.25) is 10.1 Å². The Morgan fingerprint density at radius 3 is 2.58 bits per heavy atom. The minimum Gasteiger partial charge on any atom is -0.403 e. The van der Waals surface area contributed by atoms with Crippen LogP contribution in [-0.4, -0.2) is 30.8 Å². The van der Waals surface area contributed by atoms with E-state index in [0.29, 0.717) is 5.56 Å². The number of nitrogens with zero attached hydrogens (tertiary/aromatic N) is 2. The van der Waals surface area contributed by atoms with Crippen LogP contribution >= 0.6 is 0 Å². The Kier molecular flexibility index (Phi) is 4.94. The number of carbonyl (C=O) groups excluding carboxylic acids is 1. The van der Waals surface area contributed by atoms with E-state index in [1.807, 2.05) is 30.3 Å². The van der Waals surface area contributed by atoms with Gasteiger partial charge in [-0.25, -0.2) is 8.42 Å². The van der Waals surface area contributed by atoms with Crippen molar-refractivity contribution in [2.24, 2.45) is 0 Å². The van der Waals surface area contributed by atoms with Gasteiger partial charge in [-0.05, 0) is 29.8 Å². The molecule has 0 atom stereocenters. The lowest BCUT2D eigenvalue weighted by Crippen LogP contribution is -2.07. The van der Waals surface area contributed by atoms with Gasteiger partial charge in [0.1, 0.15) is 0 Å². The number of amides is 1. The van der Waals surface area contributed by atoms with E-state index in [2.05, 4.69) is 15.5 Å². The van der Waals surface area contributed by atoms with E-state index in [4.69, 9.17) is 4.42 Å². The molecule has 0 spiro atoms. The quantitative estimate of drug-likeness (QED) is 0.694. The Morgan fingerprint density at radius 1 is 1.08 bits per heavy atom. The molecule has 0 saturated carbocycles. The number of nitrogens with one attached hydrogen (secondary N) is 1. The number of anilines is 1. The van der Waals surface area contributed by atoms with Crippen LogP contribution < -0.4 is 5.32 Å². The van der Waals surface area contributed by atoms with Gasteiger partial charge in [0, 0.05) is 17.9 Å². The molecule has 0 bridgehead atoms. The van der Waals surface area contributed by atoms with Gasteiger partial charge < -0.3 is 4.42 Å². The molecule has 0 radical (unpaired) electrons. The second-order valence-corrected chi connectivity index (χ2v) is 7.46. The van der Waals surface area contributed by atoms with E-state index < -0.39 is 15.7 Å². The average molecular weight is 369 g/mol. The zero-order chi connectivity index (χ0) is 18.6. The summed E-state index contributed by atoms with van der Waals surface area (Å²) in [5.74, 6) is -0.313. The Bertz CT molecular complexity index is 1060. The molecule has 0 aliphatic rings. The zero-order valence-corrected chi connectivity index (χ0v) is 14.6. The first kappa shape index (κ1) is 17.6. The molecule has 7 nitrogen and oxygen atoms in total. The number of benzene rings is 2. The Balaban J connectivity index is 1.72. The molecule has 1 heterocycles. The molecule has 1 amide bonds. The second kappa shape index (κ2) is 7.32. The number of hydrogen-bond acceptors (Lipinski definition) is 6. The van der Waals surface area contributed by atoms with Crippen LogP contribution in [0, 0.1) is 0 Å². The summed E-state index contributed by atoms with van der Waals surface area (Å²) in [5, 5.41) is 10.0. The smallest absolute Gasteiger partial charge is 0.322 e. The fourth-order valence-corrected chi connectivity index (χ4v) is 2.80. The number of aromatic nitrogens is 2. The van der Waals surface area contributed by atoms with Crippen molar-refractivity contribution in [2.75, 3.05) is 11.6 Å². The van der Waals surface area contributed by atoms with Gasteiger partial charge in [0.15, 0.2) is 9.84 Å².